The van der Waals surface area contributed by atoms with Crippen LogP contribution < -0.4 is 0 Å². The Kier molecular flexibility index (Phi) is 11.6. The molecule has 0 saturated heterocycles. The van der Waals surface area contributed by atoms with Gasteiger partial charge in [-0.2, -0.15) is 0 Å². The van der Waals surface area contributed by atoms with Gasteiger partial charge in [-0.25, -0.2) is 0 Å². The molecule has 0 aromatic heterocycles. The van der Waals surface area contributed by atoms with E-state index < -0.39 is 0 Å². The highest BCUT2D eigenvalue weighted by Crippen LogP contribution is 2.14. The van der Waals surface area contributed by atoms with Gasteiger partial charge >= 0.3 is 0 Å². The normalized spacial score (nSPS) is 24.9. The Hall–Kier alpha value is -0.260. The molecule has 0 aromatic carbocycles. The molecular weight excluding hydrogens is 216 g/mol. The van der Waals surface area contributed by atoms with E-state index in [1.54, 1.807) is 0 Å². The van der Waals surface area contributed by atoms with Crippen molar-refractivity contribution in [3.63, 3.8) is 0 Å². The minimum Gasteiger partial charge on any atom is -0.0885 e. The summed E-state index contributed by atoms with van der Waals surface area (Å²) in [6.07, 6.45) is 28.0. The van der Waals surface area contributed by atoms with Gasteiger partial charge in [0.15, 0.2) is 0 Å². The lowest BCUT2D eigenvalue weighted by Gasteiger charge is -2.03. The van der Waals surface area contributed by atoms with Crippen molar-refractivity contribution in [1.29, 1.82) is 0 Å². The van der Waals surface area contributed by atoms with Crippen molar-refractivity contribution in [3.8, 4) is 0 Å². The lowest BCUT2D eigenvalue weighted by atomic mass is 10.0. The average Bonchev–Trinajstić information content (AvgIpc) is 2.39. The largest absolute Gasteiger partial charge is 0.0885 e. The molecule has 0 heteroatoms. The van der Waals surface area contributed by atoms with Gasteiger partial charge in [0.2, 0.25) is 0 Å². The number of allylic oxidation sites excluding steroid dienone is 2. The van der Waals surface area contributed by atoms with Crippen LogP contribution in [0.3, 0.4) is 0 Å². The van der Waals surface area contributed by atoms with E-state index in [9.17, 15) is 0 Å². The minimum absolute atomic E-state index is 1.32. The predicted molar refractivity (Wildman–Crippen MR) is 83.0 cm³/mol. The molecule has 1 aliphatic rings. The molecule has 0 radical (unpaired) electrons. The second kappa shape index (κ2) is 13.2. The van der Waals surface area contributed by atoms with Gasteiger partial charge in [0, 0.05) is 0 Å². The molecule has 0 unspecified atom stereocenters. The molecular formula is C18H34. The molecule has 18 heavy (non-hydrogen) atoms. The van der Waals surface area contributed by atoms with Crippen molar-refractivity contribution in [2.24, 2.45) is 0 Å². The molecule has 0 saturated carbocycles. The van der Waals surface area contributed by atoms with Gasteiger partial charge in [0.25, 0.3) is 0 Å². The van der Waals surface area contributed by atoms with E-state index in [-0.39, 0.29) is 0 Å². The van der Waals surface area contributed by atoms with Crippen LogP contribution in [-0.4, -0.2) is 0 Å². The Bertz CT molecular complexity index is 160. The third-order valence-electron chi connectivity index (χ3n) is 4.16. The summed E-state index contributed by atoms with van der Waals surface area (Å²) in [5.41, 5.74) is 0. The molecule has 0 N–H and O–H groups in total. The van der Waals surface area contributed by atoms with E-state index in [1.165, 1.54) is 103 Å². The van der Waals surface area contributed by atoms with Gasteiger partial charge in [-0.1, -0.05) is 89.2 Å². The molecule has 0 amide bonds. The van der Waals surface area contributed by atoms with E-state index in [0.29, 0.717) is 0 Å². The summed E-state index contributed by atoms with van der Waals surface area (Å²) in [4.78, 5) is 0. The molecule has 0 heterocycles. The minimum atomic E-state index is 1.32. The van der Waals surface area contributed by atoms with Crippen molar-refractivity contribution in [3.05, 3.63) is 12.2 Å². The van der Waals surface area contributed by atoms with Gasteiger partial charge in [-0.05, 0) is 25.7 Å². The average molecular weight is 250 g/mol. The van der Waals surface area contributed by atoms with Crippen LogP contribution in [0, 0.1) is 0 Å². The first-order chi connectivity index (χ1) is 9.00. The van der Waals surface area contributed by atoms with Crippen molar-refractivity contribution >= 4 is 0 Å². The SMILES string of the molecule is C1=C\CCCCCCCCCCCCCCCC/1. The quantitative estimate of drug-likeness (QED) is 0.415. The van der Waals surface area contributed by atoms with Crippen molar-refractivity contribution in [2.75, 3.05) is 0 Å². The fourth-order valence-corrected chi connectivity index (χ4v) is 2.88. The summed E-state index contributed by atoms with van der Waals surface area (Å²) < 4.78 is 0. The first kappa shape index (κ1) is 15.8. The summed E-state index contributed by atoms with van der Waals surface area (Å²) in [7, 11) is 0. The summed E-state index contributed by atoms with van der Waals surface area (Å²) in [5.74, 6) is 0. The van der Waals surface area contributed by atoms with E-state index >= 15 is 0 Å². The smallest absolute Gasteiger partial charge is 0.0351 e. The summed E-state index contributed by atoms with van der Waals surface area (Å²) in [5, 5.41) is 0. The predicted octanol–water partition coefficient (Wildman–Crippen LogP) is 6.80. The Morgan fingerprint density at radius 1 is 0.278 bits per heavy atom. The van der Waals surface area contributed by atoms with Gasteiger partial charge in [0.1, 0.15) is 0 Å². The summed E-state index contributed by atoms with van der Waals surface area (Å²) in [6, 6.07) is 0. The molecule has 0 aromatic rings. The first-order valence-electron chi connectivity index (χ1n) is 8.65. The Balaban J connectivity index is 2.06. The molecule has 1 aliphatic carbocycles. The molecule has 0 nitrogen and oxygen atoms in total. The van der Waals surface area contributed by atoms with E-state index in [0.717, 1.165) is 0 Å². The third-order valence-corrected chi connectivity index (χ3v) is 4.16. The Morgan fingerprint density at radius 3 is 0.778 bits per heavy atom. The van der Waals surface area contributed by atoms with Crippen molar-refractivity contribution in [2.45, 2.75) is 103 Å². The number of rotatable bonds is 0. The zero-order chi connectivity index (χ0) is 12.7. The zero-order valence-corrected chi connectivity index (χ0v) is 12.5. The molecule has 0 aliphatic heterocycles. The van der Waals surface area contributed by atoms with Crippen LogP contribution in [0.4, 0.5) is 0 Å². The lowest BCUT2D eigenvalue weighted by Crippen LogP contribution is -1.84. The summed E-state index contributed by atoms with van der Waals surface area (Å²) in [6.45, 7) is 0. The molecule has 0 spiro atoms. The van der Waals surface area contributed by atoms with Gasteiger partial charge in [-0.15, -0.1) is 0 Å². The van der Waals surface area contributed by atoms with Crippen LogP contribution >= 0.6 is 0 Å². The highest BCUT2D eigenvalue weighted by Gasteiger charge is 1.94. The number of hydrogen-bond donors (Lipinski definition) is 0. The van der Waals surface area contributed by atoms with Crippen molar-refractivity contribution in [1.82, 2.24) is 0 Å². The highest BCUT2D eigenvalue weighted by molar-refractivity contribution is 4.81. The Morgan fingerprint density at radius 2 is 0.500 bits per heavy atom. The topological polar surface area (TPSA) is 0 Å². The van der Waals surface area contributed by atoms with Gasteiger partial charge in [0.05, 0.1) is 0 Å². The van der Waals surface area contributed by atoms with Crippen LogP contribution in [0.5, 0.6) is 0 Å². The summed E-state index contributed by atoms with van der Waals surface area (Å²) >= 11 is 0. The molecule has 106 valence electrons. The second-order valence-electron chi connectivity index (χ2n) is 6.00. The van der Waals surface area contributed by atoms with E-state index in [4.69, 9.17) is 0 Å². The van der Waals surface area contributed by atoms with Crippen LogP contribution in [0.1, 0.15) is 103 Å². The van der Waals surface area contributed by atoms with Crippen LogP contribution in [0.2, 0.25) is 0 Å². The van der Waals surface area contributed by atoms with Crippen molar-refractivity contribution < 1.29 is 0 Å². The van der Waals surface area contributed by atoms with Gasteiger partial charge in [-0.3, -0.25) is 0 Å². The van der Waals surface area contributed by atoms with Crippen LogP contribution in [0.15, 0.2) is 12.2 Å². The monoisotopic (exact) mass is 250 g/mol. The fraction of sp³-hybridized carbons (Fsp3) is 0.889. The maximum absolute atomic E-state index is 2.42. The molecule has 0 atom stereocenters. The maximum atomic E-state index is 2.42. The molecule has 0 bridgehead atoms. The second-order valence-corrected chi connectivity index (χ2v) is 6.00. The van der Waals surface area contributed by atoms with E-state index in [2.05, 4.69) is 12.2 Å². The van der Waals surface area contributed by atoms with Crippen LogP contribution in [0.25, 0.3) is 0 Å². The lowest BCUT2D eigenvalue weighted by molar-refractivity contribution is 0.533. The molecule has 0 fully saturated rings. The maximum Gasteiger partial charge on any atom is -0.0351 e. The fourth-order valence-electron chi connectivity index (χ4n) is 2.88. The zero-order valence-electron chi connectivity index (χ0n) is 12.5. The van der Waals surface area contributed by atoms with Gasteiger partial charge < -0.3 is 0 Å². The van der Waals surface area contributed by atoms with Crippen LogP contribution in [-0.2, 0) is 0 Å². The molecule has 1 rings (SSSR count). The third kappa shape index (κ3) is 10.9. The van der Waals surface area contributed by atoms with E-state index in [1.807, 2.05) is 0 Å². The number of hydrogen-bond acceptors (Lipinski definition) is 0. The first-order valence-corrected chi connectivity index (χ1v) is 8.65. The Labute approximate surface area is 115 Å². The standard InChI is InChI=1S/C18H34/c1-2-4-6-8-10-12-14-16-18-17-15-13-11-9-7-5-3-1/h1-2H,3-18H2/b2-1-. The highest BCUT2D eigenvalue weighted by atomic mass is 14.0.